The van der Waals surface area contributed by atoms with Crippen LogP contribution in [-0.4, -0.2) is 11.2 Å². The zero-order valence-electron chi connectivity index (χ0n) is 9.61. The van der Waals surface area contributed by atoms with Crippen LogP contribution in [0.2, 0.25) is 0 Å². The topological polar surface area (TPSA) is 29.5 Å². The fourth-order valence-corrected chi connectivity index (χ4v) is 2.16. The Morgan fingerprint density at radius 1 is 1.50 bits per heavy atom. The minimum Gasteiger partial charge on any atom is -0.490 e. The first-order valence-electron chi connectivity index (χ1n) is 5.70. The van der Waals surface area contributed by atoms with Crippen LogP contribution in [0.1, 0.15) is 38.4 Å². The van der Waals surface area contributed by atoms with Crippen molar-refractivity contribution >= 4 is 0 Å². The first kappa shape index (κ1) is 11.4. The molecule has 2 atom stereocenters. The summed E-state index contributed by atoms with van der Waals surface area (Å²) in [5, 5.41) is 9.93. The highest BCUT2D eigenvalue weighted by Crippen LogP contribution is 2.36. The van der Waals surface area contributed by atoms with Crippen molar-refractivity contribution < 1.29 is 14.2 Å². The fourth-order valence-electron chi connectivity index (χ4n) is 2.16. The van der Waals surface area contributed by atoms with Crippen LogP contribution in [0, 0.1) is 11.7 Å². The second-order valence-corrected chi connectivity index (χ2v) is 4.80. The van der Waals surface area contributed by atoms with Gasteiger partial charge in [-0.3, -0.25) is 0 Å². The third kappa shape index (κ3) is 2.35. The summed E-state index contributed by atoms with van der Waals surface area (Å²) in [6.45, 7) is 4.22. The van der Waals surface area contributed by atoms with Gasteiger partial charge in [0.2, 0.25) is 0 Å². The van der Waals surface area contributed by atoms with E-state index in [2.05, 4.69) is 13.8 Å². The second-order valence-electron chi connectivity index (χ2n) is 4.80. The van der Waals surface area contributed by atoms with E-state index in [1.807, 2.05) is 0 Å². The van der Waals surface area contributed by atoms with Gasteiger partial charge in [0, 0.05) is 18.1 Å². The first-order valence-corrected chi connectivity index (χ1v) is 5.70. The maximum absolute atomic E-state index is 13.0. The van der Waals surface area contributed by atoms with E-state index in [9.17, 15) is 9.50 Å². The van der Waals surface area contributed by atoms with Crippen molar-refractivity contribution in [3.63, 3.8) is 0 Å². The minimum absolute atomic E-state index is 0.00991. The van der Waals surface area contributed by atoms with E-state index in [4.69, 9.17) is 4.74 Å². The highest BCUT2D eigenvalue weighted by atomic mass is 19.1. The molecule has 0 radical (unpaired) electrons. The predicted octanol–water partition coefficient (Wildman–Crippen LogP) is 3.06. The summed E-state index contributed by atoms with van der Waals surface area (Å²) < 4.78 is 18.7. The maximum Gasteiger partial charge on any atom is 0.128 e. The van der Waals surface area contributed by atoms with Crippen molar-refractivity contribution in [2.45, 2.75) is 38.9 Å². The molecule has 0 aliphatic carbocycles. The van der Waals surface area contributed by atoms with Gasteiger partial charge in [-0.2, -0.15) is 0 Å². The lowest BCUT2D eigenvalue weighted by atomic mass is 9.94. The van der Waals surface area contributed by atoms with Gasteiger partial charge in [-0.25, -0.2) is 4.39 Å². The smallest absolute Gasteiger partial charge is 0.128 e. The summed E-state index contributed by atoms with van der Waals surface area (Å²) in [5.41, 5.74) is 0.696. The van der Waals surface area contributed by atoms with Crippen LogP contribution in [0.25, 0.3) is 0 Å². The molecule has 88 valence electrons. The van der Waals surface area contributed by atoms with E-state index in [0.29, 0.717) is 23.7 Å². The fraction of sp³-hybridized carbons (Fsp3) is 0.538. The summed E-state index contributed by atoms with van der Waals surface area (Å²) in [7, 11) is 0. The van der Waals surface area contributed by atoms with Gasteiger partial charge >= 0.3 is 0 Å². The maximum atomic E-state index is 13.0. The molecule has 0 amide bonds. The van der Waals surface area contributed by atoms with Crippen molar-refractivity contribution in [2.24, 2.45) is 5.92 Å². The first-order chi connectivity index (χ1) is 7.56. The Morgan fingerprint density at radius 2 is 2.25 bits per heavy atom. The Kier molecular flexibility index (Phi) is 3.15. The minimum atomic E-state index is -0.534. The monoisotopic (exact) mass is 224 g/mol. The highest BCUT2D eigenvalue weighted by Gasteiger charge is 2.27. The average Bonchev–Trinajstić information content (AvgIpc) is 2.15. The largest absolute Gasteiger partial charge is 0.490 e. The van der Waals surface area contributed by atoms with Gasteiger partial charge in [0.1, 0.15) is 17.7 Å². The molecule has 0 bridgehead atoms. The van der Waals surface area contributed by atoms with E-state index in [-0.39, 0.29) is 11.9 Å². The van der Waals surface area contributed by atoms with Crippen molar-refractivity contribution in [3.05, 3.63) is 29.6 Å². The molecular formula is C13H17FO2. The number of aliphatic hydroxyl groups is 1. The van der Waals surface area contributed by atoms with Gasteiger partial charge < -0.3 is 9.84 Å². The summed E-state index contributed by atoms with van der Waals surface area (Å²) in [6, 6.07) is 4.31. The summed E-state index contributed by atoms with van der Waals surface area (Å²) in [4.78, 5) is 0. The molecule has 0 saturated carbocycles. The molecule has 3 heteroatoms. The zero-order valence-corrected chi connectivity index (χ0v) is 9.61. The molecule has 1 aliphatic rings. The van der Waals surface area contributed by atoms with Gasteiger partial charge in [0.15, 0.2) is 0 Å². The molecule has 2 nitrogen and oxygen atoms in total. The van der Waals surface area contributed by atoms with Crippen LogP contribution in [0.15, 0.2) is 18.2 Å². The van der Waals surface area contributed by atoms with E-state index in [1.54, 1.807) is 6.07 Å². The molecular weight excluding hydrogens is 207 g/mol. The SMILES string of the molecule is CC(C)CC1C[C@H](O)c2ccc(F)cc2O1. The van der Waals surface area contributed by atoms with Crippen molar-refractivity contribution in [2.75, 3.05) is 0 Å². The number of benzene rings is 1. The summed E-state index contributed by atoms with van der Waals surface area (Å²) in [6.07, 6.45) is 0.932. The van der Waals surface area contributed by atoms with Gasteiger partial charge in [-0.15, -0.1) is 0 Å². The number of halogens is 1. The van der Waals surface area contributed by atoms with Crippen molar-refractivity contribution in [3.8, 4) is 5.75 Å². The molecule has 1 N–H and O–H groups in total. The van der Waals surface area contributed by atoms with E-state index < -0.39 is 6.10 Å². The van der Waals surface area contributed by atoms with E-state index in [0.717, 1.165) is 6.42 Å². The molecule has 1 unspecified atom stereocenters. The molecule has 0 fully saturated rings. The van der Waals surface area contributed by atoms with Crippen molar-refractivity contribution in [1.29, 1.82) is 0 Å². The lowest BCUT2D eigenvalue weighted by Gasteiger charge is -2.30. The third-order valence-electron chi connectivity index (χ3n) is 2.85. The quantitative estimate of drug-likeness (QED) is 0.836. The number of fused-ring (bicyclic) bond motifs is 1. The van der Waals surface area contributed by atoms with Crippen LogP contribution in [0.5, 0.6) is 5.75 Å². The average molecular weight is 224 g/mol. The van der Waals surface area contributed by atoms with Crippen LogP contribution in [0.4, 0.5) is 4.39 Å². The zero-order chi connectivity index (χ0) is 11.7. The number of rotatable bonds is 2. The Hall–Kier alpha value is -1.09. The Morgan fingerprint density at radius 3 is 2.94 bits per heavy atom. The molecule has 1 aromatic rings. The number of aliphatic hydroxyl groups excluding tert-OH is 1. The Bertz CT molecular complexity index is 376. The molecule has 2 rings (SSSR count). The third-order valence-corrected chi connectivity index (χ3v) is 2.85. The standard InChI is InChI=1S/C13H17FO2/c1-8(2)5-10-7-12(15)11-4-3-9(14)6-13(11)16-10/h3-4,6,8,10,12,15H,5,7H2,1-2H3/t10?,12-/m0/s1. The van der Waals surface area contributed by atoms with E-state index in [1.165, 1.54) is 12.1 Å². The molecule has 1 aromatic carbocycles. The summed E-state index contributed by atoms with van der Waals surface area (Å²) >= 11 is 0. The number of ether oxygens (including phenoxy) is 1. The highest BCUT2D eigenvalue weighted by molar-refractivity contribution is 5.37. The molecule has 1 aliphatic heterocycles. The van der Waals surface area contributed by atoms with Gasteiger partial charge in [0.25, 0.3) is 0 Å². The van der Waals surface area contributed by atoms with Gasteiger partial charge in [-0.05, 0) is 24.5 Å². The number of hydrogen-bond acceptors (Lipinski definition) is 2. The lowest BCUT2D eigenvalue weighted by molar-refractivity contribution is 0.0553. The van der Waals surface area contributed by atoms with Gasteiger partial charge in [0.05, 0.1) is 6.10 Å². The predicted molar refractivity (Wildman–Crippen MR) is 59.8 cm³/mol. The van der Waals surface area contributed by atoms with Crippen molar-refractivity contribution in [1.82, 2.24) is 0 Å². The Balaban J connectivity index is 2.20. The molecule has 0 saturated heterocycles. The van der Waals surface area contributed by atoms with Crippen LogP contribution < -0.4 is 4.74 Å². The molecule has 1 heterocycles. The van der Waals surface area contributed by atoms with E-state index >= 15 is 0 Å². The molecule has 0 aromatic heterocycles. The second kappa shape index (κ2) is 4.42. The van der Waals surface area contributed by atoms with Crippen LogP contribution in [0.3, 0.4) is 0 Å². The Labute approximate surface area is 95.1 Å². The van der Waals surface area contributed by atoms with Crippen LogP contribution >= 0.6 is 0 Å². The molecule has 16 heavy (non-hydrogen) atoms. The number of hydrogen-bond donors (Lipinski definition) is 1. The molecule has 0 spiro atoms. The normalized spacial score (nSPS) is 24.1. The van der Waals surface area contributed by atoms with Gasteiger partial charge in [-0.1, -0.05) is 13.8 Å². The summed E-state index contributed by atoms with van der Waals surface area (Å²) in [5.74, 6) is 0.674. The lowest BCUT2D eigenvalue weighted by Crippen LogP contribution is -2.27. The van der Waals surface area contributed by atoms with Crippen LogP contribution in [-0.2, 0) is 0 Å².